The minimum absolute atomic E-state index is 0. The average Bonchev–Trinajstić information content (AvgIpc) is 2.13. The van der Waals surface area contributed by atoms with Gasteiger partial charge in [0.15, 0.2) is 0 Å². The van der Waals surface area contributed by atoms with Crippen molar-refractivity contribution in [3.8, 4) is 0 Å². The average molecular weight is 132 g/mol. The summed E-state index contributed by atoms with van der Waals surface area (Å²) in [5.41, 5.74) is 0.717. The van der Waals surface area contributed by atoms with E-state index >= 15 is 0 Å². The quantitative estimate of drug-likeness (QED) is 0.514. The summed E-state index contributed by atoms with van der Waals surface area (Å²) in [7, 11) is 0. The van der Waals surface area contributed by atoms with Gasteiger partial charge in [-0.15, -0.1) is 0 Å². The van der Waals surface area contributed by atoms with E-state index in [1.54, 1.807) is 0 Å². The molecule has 0 heterocycles. The van der Waals surface area contributed by atoms with Gasteiger partial charge in [0.05, 0.1) is 0 Å². The van der Waals surface area contributed by atoms with Crippen molar-refractivity contribution in [2.24, 2.45) is 11.3 Å². The van der Waals surface area contributed by atoms with Gasteiger partial charge in [-0.1, -0.05) is 27.2 Å². The topological polar surface area (TPSA) is 0 Å². The summed E-state index contributed by atoms with van der Waals surface area (Å²) in [5, 5.41) is 0. The zero-order chi connectivity index (χ0) is 5.49. The van der Waals surface area contributed by atoms with E-state index in [1.165, 1.54) is 12.8 Å². The fourth-order valence-electron chi connectivity index (χ4n) is 1.27. The minimum atomic E-state index is 0. The van der Waals surface area contributed by atoms with Gasteiger partial charge in [-0.05, 0) is 17.8 Å². The largest absolute Gasteiger partial charge is 0.197 e. The summed E-state index contributed by atoms with van der Waals surface area (Å²) in [5.74, 6) is 1.05. The van der Waals surface area contributed by atoms with Gasteiger partial charge in [-0.3, -0.25) is 0 Å². The van der Waals surface area contributed by atoms with Gasteiger partial charge in [0, 0.05) is 0 Å². The molecule has 0 saturated heterocycles. The molecular weight excluding hydrogens is 116 g/mol. The van der Waals surface area contributed by atoms with E-state index in [9.17, 15) is 0 Å². The van der Waals surface area contributed by atoms with Crippen LogP contribution in [0.15, 0.2) is 0 Å². The lowest BCUT2D eigenvalue weighted by atomic mass is 10.1. The molecule has 1 aliphatic carbocycles. The van der Waals surface area contributed by atoms with E-state index in [1.807, 2.05) is 0 Å². The molecular formula is C7H16S. The monoisotopic (exact) mass is 132 g/mol. The lowest BCUT2D eigenvalue weighted by Gasteiger charge is -1.95. The first-order valence-corrected chi connectivity index (χ1v) is 3.17. The Labute approximate surface area is 59.1 Å². The van der Waals surface area contributed by atoms with E-state index in [0.717, 1.165) is 11.3 Å². The smallest absolute Gasteiger partial charge is 0.0323 e. The summed E-state index contributed by atoms with van der Waals surface area (Å²) in [4.78, 5) is 0. The molecule has 0 N–H and O–H groups in total. The molecule has 0 radical (unpaired) electrons. The molecule has 1 atom stereocenters. The fourth-order valence-corrected chi connectivity index (χ4v) is 1.27. The summed E-state index contributed by atoms with van der Waals surface area (Å²) in [6.07, 6.45) is 2.84. The van der Waals surface area contributed by atoms with Crippen molar-refractivity contribution < 1.29 is 0 Å². The second kappa shape index (κ2) is 2.30. The first-order valence-electron chi connectivity index (χ1n) is 3.17. The van der Waals surface area contributed by atoms with E-state index in [-0.39, 0.29) is 13.5 Å². The molecule has 0 amide bonds. The SMILES string of the molecule is CCC1CC1(C)C.S. The number of rotatable bonds is 1. The zero-order valence-corrected chi connectivity index (χ0v) is 6.99. The van der Waals surface area contributed by atoms with Gasteiger partial charge < -0.3 is 0 Å². The van der Waals surface area contributed by atoms with Gasteiger partial charge in [0.25, 0.3) is 0 Å². The maximum atomic E-state index is 2.35. The first kappa shape index (κ1) is 8.35. The molecule has 0 nitrogen and oxygen atoms in total. The van der Waals surface area contributed by atoms with Gasteiger partial charge in [-0.2, -0.15) is 13.5 Å². The zero-order valence-electron chi connectivity index (χ0n) is 5.99. The van der Waals surface area contributed by atoms with Crippen LogP contribution in [0.4, 0.5) is 0 Å². The maximum absolute atomic E-state index is 2.35. The molecule has 1 saturated carbocycles. The van der Waals surface area contributed by atoms with Crippen molar-refractivity contribution in [1.29, 1.82) is 0 Å². The van der Waals surface area contributed by atoms with Crippen LogP contribution in [0.5, 0.6) is 0 Å². The van der Waals surface area contributed by atoms with Crippen molar-refractivity contribution in [3.63, 3.8) is 0 Å². The Balaban J connectivity index is 0.000000490. The highest BCUT2D eigenvalue weighted by molar-refractivity contribution is 7.59. The van der Waals surface area contributed by atoms with Crippen molar-refractivity contribution in [3.05, 3.63) is 0 Å². The Bertz CT molecular complexity index is 76.5. The van der Waals surface area contributed by atoms with Crippen LogP contribution in [0.25, 0.3) is 0 Å². The highest BCUT2D eigenvalue weighted by Crippen LogP contribution is 2.53. The summed E-state index contributed by atoms with van der Waals surface area (Å²) < 4.78 is 0. The lowest BCUT2D eigenvalue weighted by Crippen LogP contribution is -1.86. The number of hydrogen-bond donors (Lipinski definition) is 0. The van der Waals surface area contributed by atoms with Crippen LogP contribution < -0.4 is 0 Å². The highest BCUT2D eigenvalue weighted by atomic mass is 32.1. The lowest BCUT2D eigenvalue weighted by molar-refractivity contribution is 0.549. The van der Waals surface area contributed by atoms with Crippen molar-refractivity contribution in [2.45, 2.75) is 33.6 Å². The predicted molar refractivity (Wildman–Crippen MR) is 42.6 cm³/mol. The Hall–Kier alpha value is 0.350. The molecule has 0 aromatic rings. The van der Waals surface area contributed by atoms with Crippen LogP contribution in [-0.2, 0) is 0 Å². The van der Waals surface area contributed by atoms with Crippen LogP contribution in [0, 0.1) is 11.3 Å². The molecule has 1 unspecified atom stereocenters. The third-order valence-corrected chi connectivity index (χ3v) is 2.21. The van der Waals surface area contributed by atoms with Crippen LogP contribution in [0.2, 0.25) is 0 Å². The molecule has 1 heteroatoms. The van der Waals surface area contributed by atoms with Gasteiger partial charge in [0.2, 0.25) is 0 Å². The summed E-state index contributed by atoms with van der Waals surface area (Å²) >= 11 is 0. The standard InChI is InChI=1S/C7H14.H2S/c1-4-6-5-7(6,2)3;/h6H,4-5H2,1-3H3;1H2. The van der Waals surface area contributed by atoms with Crippen molar-refractivity contribution >= 4 is 13.5 Å². The molecule has 0 aromatic heterocycles. The Morgan fingerprint density at radius 1 is 1.50 bits per heavy atom. The molecule has 0 spiro atoms. The van der Waals surface area contributed by atoms with Crippen LogP contribution in [0.3, 0.4) is 0 Å². The Kier molecular flexibility index (Phi) is 2.40. The van der Waals surface area contributed by atoms with E-state index in [0.29, 0.717) is 0 Å². The van der Waals surface area contributed by atoms with Crippen LogP contribution in [-0.4, -0.2) is 0 Å². The molecule has 8 heavy (non-hydrogen) atoms. The fraction of sp³-hybridized carbons (Fsp3) is 1.00. The predicted octanol–water partition coefficient (Wildman–Crippen LogP) is 2.56. The van der Waals surface area contributed by atoms with E-state index < -0.39 is 0 Å². The Morgan fingerprint density at radius 2 is 1.88 bits per heavy atom. The van der Waals surface area contributed by atoms with Gasteiger partial charge >= 0.3 is 0 Å². The number of hydrogen-bond acceptors (Lipinski definition) is 0. The first-order chi connectivity index (χ1) is 3.17. The maximum Gasteiger partial charge on any atom is -0.0323 e. The minimum Gasteiger partial charge on any atom is -0.197 e. The molecule has 0 aliphatic heterocycles. The second-order valence-electron chi connectivity index (χ2n) is 3.30. The van der Waals surface area contributed by atoms with Crippen LogP contribution >= 0.6 is 13.5 Å². The molecule has 1 rings (SSSR count). The van der Waals surface area contributed by atoms with E-state index in [4.69, 9.17) is 0 Å². The van der Waals surface area contributed by atoms with Crippen LogP contribution in [0.1, 0.15) is 33.6 Å². The normalized spacial score (nSPS) is 31.1. The van der Waals surface area contributed by atoms with Gasteiger partial charge in [-0.25, -0.2) is 0 Å². The van der Waals surface area contributed by atoms with Gasteiger partial charge in [0.1, 0.15) is 0 Å². The molecule has 50 valence electrons. The van der Waals surface area contributed by atoms with Crippen molar-refractivity contribution in [1.82, 2.24) is 0 Å². The Morgan fingerprint density at radius 3 is 1.88 bits per heavy atom. The summed E-state index contributed by atoms with van der Waals surface area (Å²) in [6.45, 7) is 6.97. The second-order valence-corrected chi connectivity index (χ2v) is 3.30. The van der Waals surface area contributed by atoms with E-state index in [2.05, 4.69) is 20.8 Å². The summed E-state index contributed by atoms with van der Waals surface area (Å²) in [6, 6.07) is 0. The third kappa shape index (κ3) is 1.41. The molecule has 0 bridgehead atoms. The molecule has 0 aromatic carbocycles. The highest BCUT2D eigenvalue weighted by Gasteiger charge is 2.43. The molecule has 1 aliphatic rings. The van der Waals surface area contributed by atoms with Crippen molar-refractivity contribution in [2.75, 3.05) is 0 Å². The molecule has 1 fully saturated rings. The third-order valence-electron chi connectivity index (χ3n) is 2.21.